The minimum absolute atomic E-state index is 0.541. The lowest BCUT2D eigenvalue weighted by molar-refractivity contribution is 0.336. The lowest BCUT2D eigenvalue weighted by Gasteiger charge is -2.36. The van der Waals surface area contributed by atoms with Crippen LogP contribution in [-0.4, -0.2) is 13.1 Å². The molecule has 1 nitrogen and oxygen atoms in total. The minimum atomic E-state index is 0.541. The molecule has 1 aromatic rings. The molecule has 1 saturated carbocycles. The van der Waals surface area contributed by atoms with E-state index in [2.05, 4.69) is 18.9 Å². The molecular formula is C15H21Cl2N. The van der Waals surface area contributed by atoms with E-state index in [-0.39, 0.29) is 0 Å². The van der Waals surface area contributed by atoms with Gasteiger partial charge in [0.05, 0.1) is 0 Å². The maximum Gasteiger partial charge on any atom is 0.0494 e. The quantitative estimate of drug-likeness (QED) is 0.699. The van der Waals surface area contributed by atoms with E-state index in [0.29, 0.717) is 11.9 Å². The summed E-state index contributed by atoms with van der Waals surface area (Å²) in [7, 11) is 2.17. The molecule has 0 amide bonds. The summed E-state index contributed by atoms with van der Waals surface area (Å²) in [5, 5.41) is 0.787. The molecule has 1 aromatic carbocycles. The van der Waals surface area contributed by atoms with E-state index in [4.69, 9.17) is 23.2 Å². The first-order chi connectivity index (χ1) is 8.61. The van der Waals surface area contributed by atoms with Crippen LogP contribution in [0.3, 0.4) is 0 Å². The van der Waals surface area contributed by atoms with Crippen LogP contribution in [0.5, 0.6) is 0 Å². The van der Waals surface area contributed by atoms with Gasteiger partial charge < -0.3 is 4.90 Å². The van der Waals surface area contributed by atoms with E-state index in [9.17, 15) is 0 Å². The molecular weight excluding hydrogens is 265 g/mol. The van der Waals surface area contributed by atoms with Gasteiger partial charge in [0.1, 0.15) is 0 Å². The van der Waals surface area contributed by atoms with Crippen molar-refractivity contribution in [3.05, 3.63) is 28.8 Å². The summed E-state index contributed by atoms with van der Waals surface area (Å²) in [6, 6.07) is 6.61. The number of hydrogen-bond acceptors (Lipinski definition) is 1. The van der Waals surface area contributed by atoms with E-state index in [1.165, 1.54) is 36.9 Å². The zero-order valence-electron chi connectivity index (χ0n) is 11.1. The van der Waals surface area contributed by atoms with Gasteiger partial charge in [-0.05, 0) is 36.5 Å². The van der Waals surface area contributed by atoms with Crippen LogP contribution in [0, 0.1) is 5.92 Å². The second-order valence-electron chi connectivity index (χ2n) is 5.44. The van der Waals surface area contributed by atoms with Gasteiger partial charge >= 0.3 is 0 Å². The third-order valence-electron chi connectivity index (χ3n) is 4.03. The van der Waals surface area contributed by atoms with Gasteiger partial charge in [-0.3, -0.25) is 0 Å². The van der Waals surface area contributed by atoms with Gasteiger partial charge in [0.2, 0.25) is 0 Å². The predicted octanol–water partition coefficient (Wildman–Crippen LogP) is 5.09. The maximum absolute atomic E-state index is 6.12. The van der Waals surface area contributed by atoms with Crippen molar-refractivity contribution >= 4 is 28.9 Å². The largest absolute Gasteiger partial charge is 0.371 e. The van der Waals surface area contributed by atoms with Crippen LogP contribution in [-0.2, 0) is 5.88 Å². The van der Waals surface area contributed by atoms with Gasteiger partial charge in [-0.2, -0.15) is 0 Å². The van der Waals surface area contributed by atoms with Crippen molar-refractivity contribution in [1.29, 1.82) is 0 Å². The first-order valence-electron chi connectivity index (χ1n) is 6.69. The van der Waals surface area contributed by atoms with Crippen molar-refractivity contribution < 1.29 is 0 Å². The standard InChI is InChI=1S/C15H21Cl2N/c1-11-4-3-5-14(8-11)18(2)15-9-13(17)7-6-12(15)10-16/h6-7,9,11,14H,3-5,8,10H2,1-2H3. The molecule has 0 heterocycles. The van der Waals surface area contributed by atoms with E-state index in [1.807, 2.05) is 18.2 Å². The highest BCUT2D eigenvalue weighted by Gasteiger charge is 2.23. The smallest absolute Gasteiger partial charge is 0.0494 e. The fourth-order valence-corrected chi connectivity index (χ4v) is 3.32. The Balaban J connectivity index is 2.21. The van der Waals surface area contributed by atoms with Crippen LogP contribution in [0.4, 0.5) is 5.69 Å². The van der Waals surface area contributed by atoms with Crippen molar-refractivity contribution in [1.82, 2.24) is 0 Å². The van der Waals surface area contributed by atoms with Gasteiger partial charge in [0.25, 0.3) is 0 Å². The SMILES string of the molecule is CC1CCCC(N(C)c2cc(Cl)ccc2CCl)C1. The zero-order chi connectivity index (χ0) is 13.1. The Bertz CT molecular complexity index is 405. The van der Waals surface area contributed by atoms with Crippen LogP contribution in [0.15, 0.2) is 18.2 Å². The highest BCUT2D eigenvalue weighted by Crippen LogP contribution is 2.33. The summed E-state index contributed by atoms with van der Waals surface area (Å²) < 4.78 is 0. The molecule has 1 aliphatic carbocycles. The highest BCUT2D eigenvalue weighted by atomic mass is 35.5. The Kier molecular flexibility index (Phi) is 4.80. The van der Waals surface area contributed by atoms with Crippen LogP contribution in [0.2, 0.25) is 5.02 Å². The molecule has 0 spiro atoms. The third kappa shape index (κ3) is 3.13. The molecule has 0 aliphatic heterocycles. The summed E-state index contributed by atoms with van der Waals surface area (Å²) in [5.74, 6) is 1.36. The lowest BCUT2D eigenvalue weighted by atomic mass is 9.86. The first kappa shape index (κ1) is 14.0. The van der Waals surface area contributed by atoms with Crippen LogP contribution in [0.1, 0.15) is 38.2 Å². The number of alkyl halides is 1. The molecule has 2 atom stereocenters. The zero-order valence-corrected chi connectivity index (χ0v) is 12.6. The average molecular weight is 286 g/mol. The van der Waals surface area contributed by atoms with Crippen molar-refractivity contribution in [2.75, 3.05) is 11.9 Å². The molecule has 18 heavy (non-hydrogen) atoms. The van der Waals surface area contributed by atoms with Gasteiger partial charge in [-0.1, -0.05) is 37.4 Å². The Labute approximate surface area is 120 Å². The summed E-state index contributed by atoms with van der Waals surface area (Å²) in [5.41, 5.74) is 2.36. The lowest BCUT2D eigenvalue weighted by Crippen LogP contribution is -2.36. The van der Waals surface area contributed by atoms with Gasteiger partial charge in [-0.15, -0.1) is 11.6 Å². The van der Waals surface area contributed by atoms with E-state index in [0.717, 1.165) is 10.9 Å². The Morgan fingerprint density at radius 3 is 2.78 bits per heavy atom. The number of rotatable bonds is 3. The summed E-state index contributed by atoms with van der Waals surface area (Å²) in [4.78, 5) is 2.37. The predicted molar refractivity (Wildman–Crippen MR) is 80.8 cm³/mol. The maximum atomic E-state index is 6.12. The summed E-state index contributed by atoms with van der Waals surface area (Å²) in [6.45, 7) is 2.35. The van der Waals surface area contributed by atoms with E-state index in [1.54, 1.807) is 0 Å². The molecule has 2 unspecified atom stereocenters. The molecule has 1 aliphatic rings. The number of benzene rings is 1. The monoisotopic (exact) mass is 285 g/mol. The van der Waals surface area contributed by atoms with Crippen LogP contribution < -0.4 is 4.90 Å². The van der Waals surface area contributed by atoms with Gasteiger partial charge in [0.15, 0.2) is 0 Å². The average Bonchev–Trinajstić information content (AvgIpc) is 2.38. The fraction of sp³-hybridized carbons (Fsp3) is 0.600. The van der Waals surface area contributed by atoms with Crippen molar-refractivity contribution in [3.63, 3.8) is 0 Å². The van der Waals surface area contributed by atoms with E-state index >= 15 is 0 Å². The topological polar surface area (TPSA) is 3.24 Å². The highest BCUT2D eigenvalue weighted by molar-refractivity contribution is 6.31. The molecule has 100 valence electrons. The Morgan fingerprint density at radius 2 is 2.11 bits per heavy atom. The molecule has 0 N–H and O–H groups in total. The fourth-order valence-electron chi connectivity index (χ4n) is 2.93. The Hall–Kier alpha value is -0.400. The van der Waals surface area contributed by atoms with Crippen molar-refractivity contribution in [2.45, 2.75) is 44.5 Å². The van der Waals surface area contributed by atoms with Crippen molar-refractivity contribution in [2.24, 2.45) is 5.92 Å². The normalized spacial score (nSPS) is 24.0. The van der Waals surface area contributed by atoms with Crippen LogP contribution in [0.25, 0.3) is 0 Å². The molecule has 0 bridgehead atoms. The summed E-state index contributed by atoms with van der Waals surface area (Å²) >= 11 is 12.1. The van der Waals surface area contributed by atoms with Crippen LogP contribution >= 0.6 is 23.2 Å². The van der Waals surface area contributed by atoms with Gasteiger partial charge in [0, 0.05) is 29.7 Å². The van der Waals surface area contributed by atoms with E-state index < -0.39 is 0 Å². The minimum Gasteiger partial charge on any atom is -0.371 e. The number of nitrogens with zero attached hydrogens (tertiary/aromatic N) is 1. The third-order valence-corrected chi connectivity index (χ3v) is 4.55. The second kappa shape index (κ2) is 6.16. The molecule has 3 heteroatoms. The number of hydrogen-bond donors (Lipinski definition) is 0. The molecule has 1 fully saturated rings. The molecule has 0 saturated heterocycles. The van der Waals surface area contributed by atoms with Gasteiger partial charge in [-0.25, -0.2) is 0 Å². The number of anilines is 1. The summed E-state index contributed by atoms with van der Waals surface area (Å²) in [6.07, 6.45) is 5.23. The van der Waals surface area contributed by atoms with Crippen molar-refractivity contribution in [3.8, 4) is 0 Å². The molecule has 0 radical (unpaired) electrons. The molecule has 2 rings (SSSR count). The first-order valence-corrected chi connectivity index (χ1v) is 7.60. The molecule has 0 aromatic heterocycles. The number of halogens is 2. The second-order valence-corrected chi connectivity index (χ2v) is 6.15. The Morgan fingerprint density at radius 1 is 1.33 bits per heavy atom.